The Morgan fingerprint density at radius 1 is 1.17 bits per heavy atom. The van der Waals surface area contributed by atoms with Crippen LogP contribution in [0.15, 0.2) is 6.07 Å². The van der Waals surface area contributed by atoms with Gasteiger partial charge in [0.05, 0.1) is 20.3 Å². The van der Waals surface area contributed by atoms with Crippen molar-refractivity contribution in [1.29, 1.82) is 0 Å². The number of rotatable bonds is 5. The van der Waals surface area contributed by atoms with Crippen LogP contribution in [0, 0.1) is 5.92 Å². The Balaban J connectivity index is 2.07. The van der Waals surface area contributed by atoms with Gasteiger partial charge in [-0.1, -0.05) is 12.8 Å². The van der Waals surface area contributed by atoms with Gasteiger partial charge in [-0.2, -0.15) is 9.97 Å². The minimum atomic E-state index is 0.379. The third-order valence-electron chi connectivity index (χ3n) is 3.56. The first kappa shape index (κ1) is 12.9. The SMILES string of the molecule is COc1cc(OC)nc(NC(C)C2CCCC2)n1. The van der Waals surface area contributed by atoms with Crippen LogP contribution in [-0.4, -0.2) is 30.2 Å². The zero-order chi connectivity index (χ0) is 13.0. The maximum absolute atomic E-state index is 5.13. The van der Waals surface area contributed by atoms with Gasteiger partial charge in [0.25, 0.3) is 0 Å². The van der Waals surface area contributed by atoms with Gasteiger partial charge in [0, 0.05) is 6.04 Å². The molecular formula is C13H21N3O2. The second-order valence-corrected chi connectivity index (χ2v) is 4.75. The van der Waals surface area contributed by atoms with Crippen molar-refractivity contribution in [2.45, 2.75) is 38.6 Å². The molecule has 1 fully saturated rings. The van der Waals surface area contributed by atoms with Gasteiger partial charge in [0.1, 0.15) is 0 Å². The summed E-state index contributed by atoms with van der Waals surface area (Å²) >= 11 is 0. The van der Waals surface area contributed by atoms with Crippen molar-refractivity contribution in [1.82, 2.24) is 9.97 Å². The molecule has 0 aliphatic heterocycles. The van der Waals surface area contributed by atoms with Crippen LogP contribution in [-0.2, 0) is 0 Å². The highest BCUT2D eigenvalue weighted by Gasteiger charge is 2.22. The first-order valence-corrected chi connectivity index (χ1v) is 6.46. The topological polar surface area (TPSA) is 56.3 Å². The van der Waals surface area contributed by atoms with Crippen LogP contribution in [0.5, 0.6) is 11.8 Å². The first-order chi connectivity index (χ1) is 8.72. The van der Waals surface area contributed by atoms with Crippen LogP contribution in [0.1, 0.15) is 32.6 Å². The van der Waals surface area contributed by atoms with Crippen LogP contribution in [0.4, 0.5) is 5.95 Å². The average Bonchev–Trinajstić information content (AvgIpc) is 2.92. The van der Waals surface area contributed by atoms with E-state index in [9.17, 15) is 0 Å². The second-order valence-electron chi connectivity index (χ2n) is 4.75. The summed E-state index contributed by atoms with van der Waals surface area (Å²) in [5.74, 6) is 2.32. The average molecular weight is 251 g/mol. The Morgan fingerprint density at radius 3 is 2.22 bits per heavy atom. The highest BCUT2D eigenvalue weighted by atomic mass is 16.5. The summed E-state index contributed by atoms with van der Waals surface area (Å²) in [5, 5.41) is 3.35. The first-order valence-electron chi connectivity index (χ1n) is 6.46. The van der Waals surface area contributed by atoms with E-state index in [2.05, 4.69) is 22.2 Å². The molecule has 1 aromatic heterocycles. The van der Waals surface area contributed by atoms with Gasteiger partial charge in [-0.15, -0.1) is 0 Å². The normalized spacial score (nSPS) is 17.5. The van der Waals surface area contributed by atoms with E-state index in [0.717, 1.165) is 0 Å². The summed E-state index contributed by atoms with van der Waals surface area (Å²) in [6.45, 7) is 2.19. The molecule has 0 spiro atoms. The van der Waals surface area contributed by atoms with Gasteiger partial charge in [-0.05, 0) is 25.7 Å². The largest absolute Gasteiger partial charge is 0.481 e. The van der Waals surface area contributed by atoms with Gasteiger partial charge in [-0.25, -0.2) is 0 Å². The number of nitrogens with zero attached hydrogens (tertiary/aromatic N) is 2. The number of hydrogen-bond donors (Lipinski definition) is 1. The van der Waals surface area contributed by atoms with E-state index >= 15 is 0 Å². The van der Waals surface area contributed by atoms with Crippen molar-refractivity contribution >= 4 is 5.95 Å². The number of ether oxygens (including phenoxy) is 2. The van der Waals surface area contributed by atoms with Crippen molar-refractivity contribution in [3.8, 4) is 11.8 Å². The van der Waals surface area contributed by atoms with Gasteiger partial charge in [0.15, 0.2) is 0 Å². The predicted molar refractivity (Wildman–Crippen MR) is 70.2 cm³/mol. The van der Waals surface area contributed by atoms with E-state index in [1.165, 1.54) is 25.7 Å². The van der Waals surface area contributed by atoms with E-state index in [4.69, 9.17) is 9.47 Å². The summed E-state index contributed by atoms with van der Waals surface area (Å²) in [5.41, 5.74) is 0. The fraction of sp³-hybridized carbons (Fsp3) is 0.692. The molecule has 1 unspecified atom stereocenters. The van der Waals surface area contributed by atoms with Crippen LogP contribution >= 0.6 is 0 Å². The molecule has 1 aliphatic carbocycles. The number of aromatic nitrogens is 2. The Bertz CT molecular complexity index is 370. The van der Waals surface area contributed by atoms with Crippen molar-refractivity contribution in [3.63, 3.8) is 0 Å². The molecule has 0 radical (unpaired) electrons. The number of nitrogens with one attached hydrogen (secondary N) is 1. The molecule has 1 heterocycles. The Kier molecular flexibility index (Phi) is 4.23. The maximum atomic E-state index is 5.13. The molecule has 1 aliphatic rings. The molecule has 1 N–H and O–H groups in total. The fourth-order valence-electron chi connectivity index (χ4n) is 2.46. The number of methoxy groups -OCH3 is 2. The Hall–Kier alpha value is -1.52. The van der Waals surface area contributed by atoms with Crippen LogP contribution in [0.3, 0.4) is 0 Å². The molecule has 1 saturated carbocycles. The molecule has 1 atom stereocenters. The van der Waals surface area contributed by atoms with E-state index < -0.39 is 0 Å². The van der Waals surface area contributed by atoms with Gasteiger partial charge in [-0.3, -0.25) is 0 Å². The summed E-state index contributed by atoms with van der Waals surface area (Å²) < 4.78 is 10.3. The Morgan fingerprint density at radius 2 is 1.72 bits per heavy atom. The monoisotopic (exact) mass is 251 g/mol. The van der Waals surface area contributed by atoms with Crippen LogP contribution in [0.25, 0.3) is 0 Å². The molecular weight excluding hydrogens is 230 g/mol. The van der Waals surface area contributed by atoms with Gasteiger partial charge >= 0.3 is 0 Å². The van der Waals surface area contributed by atoms with Crippen LogP contribution < -0.4 is 14.8 Å². The highest BCUT2D eigenvalue weighted by Crippen LogP contribution is 2.29. The molecule has 2 rings (SSSR count). The molecule has 100 valence electrons. The zero-order valence-electron chi connectivity index (χ0n) is 11.3. The van der Waals surface area contributed by atoms with Crippen molar-refractivity contribution in [2.24, 2.45) is 5.92 Å². The smallest absolute Gasteiger partial charge is 0.229 e. The lowest BCUT2D eigenvalue weighted by Crippen LogP contribution is -2.25. The summed E-state index contributed by atoms with van der Waals surface area (Å²) in [7, 11) is 3.18. The van der Waals surface area contributed by atoms with E-state index in [1.54, 1.807) is 20.3 Å². The number of hydrogen-bond acceptors (Lipinski definition) is 5. The minimum absolute atomic E-state index is 0.379. The summed E-state index contributed by atoms with van der Waals surface area (Å²) in [6, 6.07) is 2.05. The second kappa shape index (κ2) is 5.89. The van der Waals surface area contributed by atoms with E-state index in [1.807, 2.05) is 0 Å². The molecule has 0 amide bonds. The lowest BCUT2D eigenvalue weighted by atomic mass is 10.0. The van der Waals surface area contributed by atoms with Crippen molar-refractivity contribution in [3.05, 3.63) is 6.07 Å². The molecule has 0 saturated heterocycles. The predicted octanol–water partition coefficient (Wildman–Crippen LogP) is 2.48. The van der Waals surface area contributed by atoms with Crippen molar-refractivity contribution in [2.75, 3.05) is 19.5 Å². The van der Waals surface area contributed by atoms with Gasteiger partial charge < -0.3 is 14.8 Å². The third-order valence-corrected chi connectivity index (χ3v) is 3.56. The molecule has 5 heteroatoms. The summed E-state index contributed by atoms with van der Waals surface area (Å²) in [4.78, 5) is 8.57. The lowest BCUT2D eigenvalue weighted by molar-refractivity contribution is 0.372. The number of anilines is 1. The Labute approximate surface area is 108 Å². The molecule has 0 aromatic carbocycles. The van der Waals surface area contributed by atoms with E-state index in [-0.39, 0.29) is 0 Å². The molecule has 1 aromatic rings. The quantitative estimate of drug-likeness (QED) is 0.871. The van der Waals surface area contributed by atoms with Crippen molar-refractivity contribution < 1.29 is 9.47 Å². The molecule has 5 nitrogen and oxygen atoms in total. The fourth-order valence-corrected chi connectivity index (χ4v) is 2.46. The molecule has 0 bridgehead atoms. The minimum Gasteiger partial charge on any atom is -0.481 e. The van der Waals surface area contributed by atoms with Gasteiger partial charge in [0.2, 0.25) is 17.7 Å². The van der Waals surface area contributed by atoms with Crippen LogP contribution in [0.2, 0.25) is 0 Å². The lowest BCUT2D eigenvalue weighted by Gasteiger charge is -2.20. The highest BCUT2D eigenvalue weighted by molar-refractivity contribution is 5.34. The standard InChI is InChI=1S/C13H21N3O2/c1-9(10-6-4-5-7-10)14-13-15-11(17-2)8-12(16-13)18-3/h8-10H,4-7H2,1-3H3,(H,14,15,16). The summed E-state index contributed by atoms with van der Waals surface area (Å²) in [6.07, 6.45) is 5.24. The zero-order valence-corrected chi connectivity index (χ0v) is 11.3. The van der Waals surface area contributed by atoms with E-state index in [0.29, 0.717) is 29.7 Å². The third kappa shape index (κ3) is 3.03. The maximum Gasteiger partial charge on any atom is 0.229 e. The molecule has 18 heavy (non-hydrogen) atoms.